The lowest BCUT2D eigenvalue weighted by atomic mass is 10.1. The minimum atomic E-state index is -2.97. The third kappa shape index (κ3) is 4.62. The molecule has 29 heavy (non-hydrogen) atoms. The van der Waals surface area contributed by atoms with Crippen LogP contribution in [0.25, 0.3) is 10.6 Å². The molecule has 0 saturated carbocycles. The van der Waals surface area contributed by atoms with Crippen LogP contribution in [0.4, 0.5) is 0 Å². The van der Waals surface area contributed by atoms with Crippen molar-refractivity contribution in [2.75, 3.05) is 11.5 Å². The number of hydrogen-bond donors (Lipinski definition) is 0. The number of aromatic nitrogens is 4. The molecule has 0 radical (unpaired) electrons. The van der Waals surface area contributed by atoms with Crippen molar-refractivity contribution in [1.82, 2.24) is 19.7 Å². The van der Waals surface area contributed by atoms with E-state index in [0.717, 1.165) is 27.2 Å². The van der Waals surface area contributed by atoms with Crippen LogP contribution in [0.1, 0.15) is 29.4 Å². The number of thioether (sulfide) groups is 1. The van der Waals surface area contributed by atoms with Crippen molar-refractivity contribution in [3.63, 3.8) is 0 Å². The molecule has 0 N–H and O–H groups in total. The molecule has 1 aliphatic rings. The summed E-state index contributed by atoms with van der Waals surface area (Å²) >= 11 is 3.20. The maximum absolute atomic E-state index is 11.8. The quantitative estimate of drug-likeness (QED) is 0.402. The molecular weight excluding hydrogens is 424 g/mol. The molecule has 0 bridgehead atoms. The smallest absolute Gasteiger partial charge is 0.191 e. The second kappa shape index (κ2) is 8.41. The van der Waals surface area contributed by atoms with Gasteiger partial charge in [0.25, 0.3) is 0 Å². The fourth-order valence-electron chi connectivity index (χ4n) is 3.35. The highest BCUT2D eigenvalue weighted by Gasteiger charge is 2.33. The number of rotatable bonds is 7. The number of nitrogens with zero attached hydrogens (tertiary/aromatic N) is 4. The van der Waals surface area contributed by atoms with E-state index in [-0.39, 0.29) is 17.4 Å². The van der Waals surface area contributed by atoms with E-state index in [9.17, 15) is 8.42 Å². The maximum Gasteiger partial charge on any atom is 0.191 e. The standard InChI is InChI=1S/C20H22N4O2S3/c1-3-9-24-18(16-8-10-29(25,26)13-16)22-23-20(24)28-12-17-11-27-19(21-17)15-6-4-14(2)5-7-15/h3-7,11,16H,1,8-10,12-13H2,2H3. The molecule has 3 aromatic rings. The van der Waals surface area contributed by atoms with Crippen LogP contribution in [0.2, 0.25) is 0 Å². The molecule has 1 saturated heterocycles. The molecule has 0 aliphatic carbocycles. The fourth-order valence-corrected chi connectivity index (χ4v) is 6.87. The van der Waals surface area contributed by atoms with Gasteiger partial charge in [0.2, 0.25) is 0 Å². The number of aryl methyl sites for hydroxylation is 1. The van der Waals surface area contributed by atoms with Gasteiger partial charge in [-0.3, -0.25) is 0 Å². The molecular formula is C20H22N4O2S3. The van der Waals surface area contributed by atoms with Crippen LogP contribution in [0.3, 0.4) is 0 Å². The Bertz CT molecular complexity index is 1120. The van der Waals surface area contributed by atoms with Crippen molar-refractivity contribution in [2.24, 2.45) is 0 Å². The number of hydrogen-bond acceptors (Lipinski definition) is 7. The van der Waals surface area contributed by atoms with Gasteiger partial charge in [0, 0.05) is 29.2 Å². The van der Waals surface area contributed by atoms with Gasteiger partial charge in [-0.15, -0.1) is 28.1 Å². The van der Waals surface area contributed by atoms with Gasteiger partial charge < -0.3 is 4.57 Å². The Hall–Kier alpha value is -1.97. The van der Waals surface area contributed by atoms with Gasteiger partial charge in [-0.1, -0.05) is 47.7 Å². The third-order valence-corrected chi connectivity index (χ3v) is 8.56. The van der Waals surface area contributed by atoms with Crippen LogP contribution in [0, 0.1) is 6.92 Å². The number of sulfone groups is 1. The average molecular weight is 447 g/mol. The van der Waals surface area contributed by atoms with Gasteiger partial charge in [-0.25, -0.2) is 13.4 Å². The monoisotopic (exact) mass is 446 g/mol. The first-order valence-corrected chi connectivity index (χ1v) is 13.0. The topological polar surface area (TPSA) is 77.7 Å². The molecule has 0 amide bonds. The summed E-state index contributed by atoms with van der Waals surface area (Å²) in [6.07, 6.45) is 2.40. The predicted molar refractivity (Wildman–Crippen MR) is 118 cm³/mol. The van der Waals surface area contributed by atoms with Crippen molar-refractivity contribution in [1.29, 1.82) is 0 Å². The molecule has 1 aliphatic heterocycles. The molecule has 1 fully saturated rings. The van der Waals surface area contributed by atoms with Crippen molar-refractivity contribution in [3.8, 4) is 10.6 Å². The summed E-state index contributed by atoms with van der Waals surface area (Å²) < 4.78 is 25.7. The lowest BCUT2D eigenvalue weighted by Gasteiger charge is -2.10. The Labute approximate surface area is 179 Å². The summed E-state index contributed by atoms with van der Waals surface area (Å²) in [5, 5.41) is 12.5. The van der Waals surface area contributed by atoms with Crippen molar-refractivity contribution in [2.45, 2.75) is 36.7 Å². The Balaban J connectivity index is 1.49. The van der Waals surface area contributed by atoms with Crippen LogP contribution >= 0.6 is 23.1 Å². The van der Waals surface area contributed by atoms with Gasteiger partial charge in [0.15, 0.2) is 15.0 Å². The van der Waals surface area contributed by atoms with Gasteiger partial charge in [-0.2, -0.15) is 0 Å². The molecule has 0 spiro atoms. The summed E-state index contributed by atoms with van der Waals surface area (Å²) in [7, 11) is -2.97. The summed E-state index contributed by atoms with van der Waals surface area (Å²) in [4.78, 5) is 4.74. The zero-order chi connectivity index (χ0) is 20.4. The van der Waals surface area contributed by atoms with E-state index < -0.39 is 9.84 Å². The zero-order valence-electron chi connectivity index (χ0n) is 16.1. The number of benzene rings is 1. The van der Waals surface area contributed by atoms with E-state index in [1.807, 2.05) is 4.57 Å². The Kier molecular flexibility index (Phi) is 5.89. The van der Waals surface area contributed by atoms with E-state index in [2.05, 4.69) is 53.3 Å². The Morgan fingerprint density at radius 3 is 2.79 bits per heavy atom. The van der Waals surface area contributed by atoms with Crippen LogP contribution in [0.5, 0.6) is 0 Å². The highest BCUT2D eigenvalue weighted by molar-refractivity contribution is 7.98. The lowest BCUT2D eigenvalue weighted by molar-refractivity contribution is 0.597. The summed E-state index contributed by atoms with van der Waals surface area (Å²) in [6, 6.07) is 8.36. The van der Waals surface area contributed by atoms with E-state index in [4.69, 9.17) is 4.98 Å². The normalized spacial score (nSPS) is 18.2. The third-order valence-electron chi connectivity index (χ3n) is 4.85. The zero-order valence-corrected chi connectivity index (χ0v) is 18.6. The molecule has 6 nitrogen and oxygen atoms in total. The first-order chi connectivity index (χ1) is 13.9. The van der Waals surface area contributed by atoms with Gasteiger partial charge in [-0.05, 0) is 13.3 Å². The first kappa shape index (κ1) is 20.3. The second-order valence-corrected chi connectivity index (χ2v) is 11.2. The van der Waals surface area contributed by atoms with Gasteiger partial charge in [0.05, 0.1) is 17.2 Å². The SMILES string of the molecule is C=CCn1c(SCc2csc(-c3ccc(C)cc3)n2)nnc1C1CCS(=O)(=O)C1. The summed E-state index contributed by atoms with van der Waals surface area (Å²) in [6.45, 7) is 6.45. The molecule has 1 aromatic carbocycles. The van der Waals surface area contributed by atoms with E-state index >= 15 is 0 Å². The second-order valence-electron chi connectivity index (χ2n) is 7.14. The van der Waals surface area contributed by atoms with Crippen molar-refractivity contribution >= 4 is 32.9 Å². The van der Waals surface area contributed by atoms with E-state index in [1.165, 1.54) is 5.56 Å². The minimum Gasteiger partial charge on any atom is -0.302 e. The molecule has 1 unspecified atom stereocenters. The van der Waals surface area contributed by atoms with E-state index in [0.29, 0.717) is 18.7 Å². The first-order valence-electron chi connectivity index (χ1n) is 9.34. The van der Waals surface area contributed by atoms with Crippen molar-refractivity contribution < 1.29 is 8.42 Å². The van der Waals surface area contributed by atoms with Crippen LogP contribution in [-0.4, -0.2) is 39.7 Å². The fraction of sp³-hybridized carbons (Fsp3) is 0.350. The highest BCUT2D eigenvalue weighted by atomic mass is 32.2. The molecule has 9 heteroatoms. The van der Waals surface area contributed by atoms with Gasteiger partial charge >= 0.3 is 0 Å². The largest absolute Gasteiger partial charge is 0.302 e. The van der Waals surface area contributed by atoms with E-state index in [1.54, 1.807) is 29.2 Å². The Morgan fingerprint density at radius 1 is 1.31 bits per heavy atom. The molecule has 152 valence electrons. The van der Waals surface area contributed by atoms with Crippen LogP contribution in [-0.2, 0) is 22.1 Å². The molecule has 3 heterocycles. The molecule has 4 rings (SSSR count). The lowest BCUT2D eigenvalue weighted by Crippen LogP contribution is -2.11. The summed E-state index contributed by atoms with van der Waals surface area (Å²) in [5.74, 6) is 1.71. The predicted octanol–water partition coefficient (Wildman–Crippen LogP) is 4.09. The highest BCUT2D eigenvalue weighted by Crippen LogP contribution is 2.32. The Morgan fingerprint density at radius 2 is 2.10 bits per heavy atom. The average Bonchev–Trinajstić information content (AvgIpc) is 3.40. The van der Waals surface area contributed by atoms with Crippen molar-refractivity contribution in [3.05, 3.63) is 59.4 Å². The summed E-state index contributed by atoms with van der Waals surface area (Å²) in [5.41, 5.74) is 3.35. The van der Waals surface area contributed by atoms with Crippen LogP contribution in [0.15, 0.2) is 47.5 Å². The van der Waals surface area contributed by atoms with Crippen LogP contribution < -0.4 is 0 Å². The molecule has 2 aromatic heterocycles. The number of allylic oxidation sites excluding steroid dienone is 1. The maximum atomic E-state index is 11.8. The van der Waals surface area contributed by atoms with Gasteiger partial charge in [0.1, 0.15) is 10.8 Å². The number of thiazole rings is 1. The molecule has 1 atom stereocenters. The minimum absolute atomic E-state index is 0.0887.